The first-order valence-electron chi connectivity index (χ1n) is 15.1. The predicted molar refractivity (Wildman–Crippen MR) is 183 cm³/mol. The number of aromatic nitrogens is 6. The van der Waals surface area contributed by atoms with Gasteiger partial charge < -0.3 is 0 Å². The third kappa shape index (κ3) is 4.03. The molecule has 0 atom stereocenters. The Balaban J connectivity index is 1.46. The first-order chi connectivity index (χ1) is 22.3. The molecule has 0 radical (unpaired) electrons. The maximum absolute atomic E-state index is 5.19. The highest BCUT2D eigenvalue weighted by Crippen LogP contribution is 2.41. The van der Waals surface area contributed by atoms with Crippen LogP contribution in [0.2, 0.25) is 0 Å². The number of hydrogen-bond donors (Lipinski definition) is 0. The van der Waals surface area contributed by atoms with E-state index in [1.807, 2.05) is 48.7 Å². The van der Waals surface area contributed by atoms with E-state index in [9.17, 15) is 0 Å². The van der Waals surface area contributed by atoms with Gasteiger partial charge in [-0.05, 0) is 30.7 Å². The fourth-order valence-electron chi connectivity index (χ4n) is 6.47. The highest BCUT2D eigenvalue weighted by atomic mass is 15.2. The fourth-order valence-corrected chi connectivity index (χ4v) is 6.47. The molecule has 0 unspecified atom stereocenters. The van der Waals surface area contributed by atoms with Gasteiger partial charge in [-0.3, -0.25) is 9.13 Å². The minimum atomic E-state index is 0.568. The molecule has 1 aliphatic carbocycles. The van der Waals surface area contributed by atoms with Gasteiger partial charge in [0.15, 0.2) is 11.6 Å². The van der Waals surface area contributed by atoms with Crippen LogP contribution in [-0.2, 0) is 0 Å². The average Bonchev–Trinajstić information content (AvgIpc) is 3.47. The van der Waals surface area contributed by atoms with E-state index in [2.05, 4.69) is 106 Å². The topological polar surface area (TPSA) is 61.4 Å². The van der Waals surface area contributed by atoms with Crippen LogP contribution < -0.4 is 0 Å². The van der Waals surface area contributed by atoms with Crippen LogP contribution in [0.25, 0.3) is 72.3 Å². The molecule has 9 rings (SSSR count). The molecule has 0 fully saturated rings. The molecule has 6 nitrogen and oxygen atoms in total. The van der Waals surface area contributed by atoms with E-state index < -0.39 is 0 Å². The quantitative estimate of drug-likeness (QED) is 0.209. The van der Waals surface area contributed by atoms with Crippen LogP contribution in [-0.4, -0.2) is 29.1 Å². The van der Waals surface area contributed by atoms with Crippen LogP contribution in [0.1, 0.15) is 12.2 Å². The molecule has 8 aromatic rings. The zero-order valence-corrected chi connectivity index (χ0v) is 24.2. The highest BCUT2D eigenvalue weighted by Gasteiger charge is 2.23. The summed E-state index contributed by atoms with van der Waals surface area (Å²) in [5.41, 5.74) is 6.08. The largest absolute Gasteiger partial charge is 0.292 e. The Bertz CT molecular complexity index is 2500. The van der Waals surface area contributed by atoms with Crippen LogP contribution in [0.5, 0.6) is 0 Å². The van der Waals surface area contributed by atoms with Gasteiger partial charge in [-0.1, -0.05) is 115 Å². The van der Waals surface area contributed by atoms with Crippen molar-refractivity contribution >= 4 is 49.2 Å². The van der Waals surface area contributed by atoms with E-state index >= 15 is 0 Å². The van der Waals surface area contributed by atoms with Crippen molar-refractivity contribution < 1.29 is 0 Å². The summed E-state index contributed by atoms with van der Waals surface area (Å²) < 4.78 is 4.48. The van der Waals surface area contributed by atoms with Gasteiger partial charge in [-0.2, -0.15) is 9.97 Å². The molecule has 6 heteroatoms. The molecule has 1 aliphatic rings. The monoisotopic (exact) mass is 578 g/mol. The zero-order chi connectivity index (χ0) is 29.7. The van der Waals surface area contributed by atoms with Crippen LogP contribution in [0.3, 0.4) is 0 Å². The van der Waals surface area contributed by atoms with Crippen LogP contribution in [0, 0.1) is 0 Å². The van der Waals surface area contributed by atoms with Crippen LogP contribution >= 0.6 is 0 Å². The molecule has 212 valence electrons. The van der Waals surface area contributed by atoms with E-state index in [1.165, 1.54) is 5.39 Å². The summed E-state index contributed by atoms with van der Waals surface area (Å²) >= 11 is 0. The number of allylic oxidation sites excluding steroid dienone is 6. The summed E-state index contributed by atoms with van der Waals surface area (Å²) in [4.78, 5) is 20.2. The Kier molecular flexibility index (Phi) is 5.77. The second kappa shape index (κ2) is 10.2. The number of pyridine rings is 1. The number of benzene rings is 4. The first-order valence-corrected chi connectivity index (χ1v) is 15.1. The molecule has 0 aliphatic heterocycles. The minimum absolute atomic E-state index is 0.568. The van der Waals surface area contributed by atoms with Gasteiger partial charge in [0.25, 0.3) is 0 Å². The Morgan fingerprint density at radius 3 is 1.96 bits per heavy atom. The summed E-state index contributed by atoms with van der Waals surface area (Å²) in [5.74, 6) is 2.68. The molecule has 4 heterocycles. The third-order valence-electron chi connectivity index (χ3n) is 8.44. The van der Waals surface area contributed by atoms with Crippen molar-refractivity contribution in [3.63, 3.8) is 0 Å². The van der Waals surface area contributed by atoms with Gasteiger partial charge in [0, 0.05) is 38.9 Å². The van der Waals surface area contributed by atoms with E-state index in [1.54, 1.807) is 0 Å². The van der Waals surface area contributed by atoms with E-state index in [0.717, 1.165) is 61.6 Å². The molecule has 0 spiro atoms. The van der Waals surface area contributed by atoms with Crippen molar-refractivity contribution in [3.05, 3.63) is 152 Å². The number of fused-ring (bicyclic) bond motifs is 7. The zero-order valence-electron chi connectivity index (χ0n) is 24.2. The standard InChI is InChI=1S/C39H26N6/c1-2-5-15-26(14-4-1)37-41-38(27-16-6-3-7-17-27)43-39(42-37)45-33-21-11-9-19-29(33)31-24-23-30-28-18-8-10-20-32(28)44(35(30)36(31)45)34-22-12-13-25-40-34/h1,3-25H,2H2. The van der Waals surface area contributed by atoms with Gasteiger partial charge in [0.2, 0.25) is 5.95 Å². The lowest BCUT2D eigenvalue weighted by atomic mass is 10.1. The van der Waals surface area contributed by atoms with Crippen LogP contribution in [0.15, 0.2) is 146 Å². The predicted octanol–water partition coefficient (Wildman–Crippen LogP) is 9.03. The number of hydrogen-bond acceptors (Lipinski definition) is 4. The second-order valence-corrected chi connectivity index (χ2v) is 11.1. The van der Waals surface area contributed by atoms with Crippen molar-refractivity contribution in [3.8, 4) is 23.2 Å². The fraction of sp³-hybridized carbons (Fsp3) is 0.0256. The van der Waals surface area contributed by atoms with Crippen molar-refractivity contribution in [2.75, 3.05) is 0 Å². The molecule has 0 amide bonds. The summed E-state index contributed by atoms with van der Waals surface area (Å²) in [6.45, 7) is 0. The van der Waals surface area contributed by atoms with E-state index in [0.29, 0.717) is 17.6 Å². The van der Waals surface area contributed by atoms with Crippen molar-refractivity contribution in [2.24, 2.45) is 0 Å². The van der Waals surface area contributed by atoms with Crippen LogP contribution in [0.4, 0.5) is 0 Å². The molecule has 0 bridgehead atoms. The molecule has 0 N–H and O–H groups in total. The molecule has 0 saturated carbocycles. The van der Waals surface area contributed by atoms with Gasteiger partial charge in [0.1, 0.15) is 5.82 Å². The Morgan fingerprint density at radius 2 is 1.20 bits per heavy atom. The lowest BCUT2D eigenvalue weighted by Gasteiger charge is -2.13. The average molecular weight is 579 g/mol. The molecule has 0 saturated heterocycles. The van der Waals surface area contributed by atoms with E-state index in [-0.39, 0.29) is 0 Å². The van der Waals surface area contributed by atoms with Crippen molar-refractivity contribution in [1.29, 1.82) is 0 Å². The van der Waals surface area contributed by atoms with Gasteiger partial charge in [-0.25, -0.2) is 9.97 Å². The highest BCUT2D eigenvalue weighted by molar-refractivity contribution is 6.23. The Labute approximate surface area is 259 Å². The number of para-hydroxylation sites is 2. The molecular weight excluding hydrogens is 552 g/mol. The Morgan fingerprint density at radius 1 is 0.533 bits per heavy atom. The summed E-state index contributed by atoms with van der Waals surface area (Å²) in [6.07, 6.45) is 13.2. The normalized spacial score (nSPS) is 13.2. The maximum Gasteiger partial charge on any atom is 0.238 e. The summed E-state index contributed by atoms with van der Waals surface area (Å²) in [6, 6.07) is 37.6. The van der Waals surface area contributed by atoms with E-state index in [4.69, 9.17) is 19.9 Å². The third-order valence-corrected chi connectivity index (χ3v) is 8.44. The Hall–Kier alpha value is -6.14. The van der Waals surface area contributed by atoms with Gasteiger partial charge in [0.05, 0.1) is 22.1 Å². The summed E-state index contributed by atoms with van der Waals surface area (Å²) in [5, 5.41) is 4.56. The van der Waals surface area contributed by atoms with Gasteiger partial charge >= 0.3 is 0 Å². The first kappa shape index (κ1) is 25.4. The maximum atomic E-state index is 5.19. The lowest BCUT2D eigenvalue weighted by Crippen LogP contribution is -2.08. The summed E-state index contributed by atoms with van der Waals surface area (Å²) in [7, 11) is 0. The molecule has 45 heavy (non-hydrogen) atoms. The van der Waals surface area contributed by atoms with Gasteiger partial charge in [-0.15, -0.1) is 0 Å². The van der Waals surface area contributed by atoms with Crippen molar-refractivity contribution in [1.82, 2.24) is 29.1 Å². The molecule has 4 aromatic heterocycles. The SMILES string of the molecule is C1=CCC=CC(c2nc(-c3ccccc3)nc(-n3c4ccccc4c4ccc5c6ccccc6n(-c6ccccn6)c5c43)n2)=C1. The number of nitrogens with zero attached hydrogens (tertiary/aromatic N) is 6. The van der Waals surface area contributed by atoms with Crippen molar-refractivity contribution in [2.45, 2.75) is 6.42 Å². The molecule has 4 aromatic carbocycles. The minimum Gasteiger partial charge on any atom is -0.292 e. The second-order valence-electron chi connectivity index (χ2n) is 11.1. The lowest BCUT2D eigenvalue weighted by molar-refractivity contribution is 0.932. The molecular formula is C39H26N6. The smallest absolute Gasteiger partial charge is 0.238 e. The number of rotatable bonds is 4.